The molecule has 98 valence electrons. The minimum atomic E-state index is 0.429. The van der Waals surface area contributed by atoms with Crippen molar-refractivity contribution in [1.29, 1.82) is 0 Å². The largest absolute Gasteiger partial charge is 0.309 e. The van der Waals surface area contributed by atoms with Crippen molar-refractivity contribution in [3.63, 3.8) is 0 Å². The summed E-state index contributed by atoms with van der Waals surface area (Å²) in [5.74, 6) is 1.11. The van der Waals surface area contributed by atoms with Gasteiger partial charge in [0.1, 0.15) is 0 Å². The quantitative estimate of drug-likeness (QED) is 0.774. The average molecular weight is 255 g/mol. The van der Waals surface area contributed by atoms with Gasteiger partial charge in [-0.2, -0.15) is 16.9 Å². The third-order valence-corrected chi connectivity index (χ3v) is 3.75. The zero-order valence-electron chi connectivity index (χ0n) is 11.4. The molecule has 0 radical (unpaired) electrons. The van der Waals surface area contributed by atoms with Crippen molar-refractivity contribution in [2.75, 3.05) is 12.3 Å². The fourth-order valence-electron chi connectivity index (χ4n) is 1.72. The van der Waals surface area contributed by atoms with Gasteiger partial charge in [0, 0.05) is 30.1 Å². The predicted octanol–water partition coefficient (Wildman–Crippen LogP) is 3.09. The number of nitrogens with one attached hydrogen (secondary N) is 1. The monoisotopic (exact) mass is 255 g/mol. The van der Waals surface area contributed by atoms with Gasteiger partial charge in [0.15, 0.2) is 0 Å². The molecule has 1 unspecified atom stereocenters. The van der Waals surface area contributed by atoms with E-state index in [1.165, 1.54) is 5.56 Å². The highest BCUT2D eigenvalue weighted by Crippen LogP contribution is 2.20. The summed E-state index contributed by atoms with van der Waals surface area (Å²) in [5, 5.41) is 8.62. The van der Waals surface area contributed by atoms with Gasteiger partial charge in [-0.15, -0.1) is 0 Å². The lowest BCUT2D eigenvalue weighted by Gasteiger charge is -2.17. The molecule has 0 saturated carbocycles. The molecule has 0 bridgehead atoms. The Bertz CT molecular complexity index is 309. The Morgan fingerprint density at radius 2 is 2.18 bits per heavy atom. The lowest BCUT2D eigenvalue weighted by molar-refractivity contribution is 0.590. The van der Waals surface area contributed by atoms with Crippen LogP contribution in [0.4, 0.5) is 0 Å². The third kappa shape index (κ3) is 5.13. The van der Waals surface area contributed by atoms with E-state index in [4.69, 9.17) is 0 Å². The highest BCUT2D eigenvalue weighted by molar-refractivity contribution is 7.99. The normalized spacial score (nSPS) is 13.2. The van der Waals surface area contributed by atoms with Crippen LogP contribution in [0.5, 0.6) is 0 Å². The molecule has 1 atom stereocenters. The summed E-state index contributed by atoms with van der Waals surface area (Å²) in [7, 11) is 0. The van der Waals surface area contributed by atoms with Gasteiger partial charge in [-0.3, -0.25) is 4.68 Å². The highest BCUT2D eigenvalue weighted by Gasteiger charge is 2.13. The van der Waals surface area contributed by atoms with Crippen LogP contribution in [-0.4, -0.2) is 27.3 Å². The average Bonchev–Trinajstić information content (AvgIpc) is 2.73. The van der Waals surface area contributed by atoms with Crippen LogP contribution in [0, 0.1) is 0 Å². The molecule has 0 aliphatic rings. The highest BCUT2D eigenvalue weighted by atomic mass is 32.2. The van der Waals surface area contributed by atoms with Crippen LogP contribution in [0.3, 0.4) is 0 Å². The number of nitrogens with zero attached hydrogens (tertiary/aromatic N) is 2. The Morgan fingerprint density at radius 1 is 1.41 bits per heavy atom. The molecule has 1 heterocycles. The molecule has 3 nitrogen and oxygen atoms in total. The SMILES string of the molecule is CCCn1cc(C(CSC(C)C)NCC)cn1. The molecule has 1 aromatic rings. The lowest BCUT2D eigenvalue weighted by atomic mass is 10.2. The van der Waals surface area contributed by atoms with Crippen molar-refractivity contribution in [2.24, 2.45) is 0 Å². The minimum Gasteiger partial charge on any atom is -0.309 e. The molecule has 0 fully saturated rings. The summed E-state index contributed by atoms with van der Waals surface area (Å²) in [5.41, 5.74) is 1.31. The maximum atomic E-state index is 4.40. The van der Waals surface area contributed by atoms with Gasteiger partial charge in [-0.1, -0.05) is 27.7 Å². The summed E-state index contributed by atoms with van der Waals surface area (Å²) >= 11 is 2.00. The molecular formula is C13H25N3S. The second-order valence-corrected chi connectivity index (χ2v) is 6.14. The van der Waals surface area contributed by atoms with E-state index >= 15 is 0 Å². The van der Waals surface area contributed by atoms with Crippen LogP contribution in [0.1, 0.15) is 45.7 Å². The second-order valence-electron chi connectivity index (χ2n) is 4.53. The molecule has 1 N–H and O–H groups in total. The van der Waals surface area contributed by atoms with Gasteiger partial charge in [0.25, 0.3) is 0 Å². The van der Waals surface area contributed by atoms with E-state index in [2.05, 4.69) is 44.3 Å². The zero-order valence-corrected chi connectivity index (χ0v) is 12.3. The van der Waals surface area contributed by atoms with Crippen molar-refractivity contribution in [3.05, 3.63) is 18.0 Å². The van der Waals surface area contributed by atoms with Crippen LogP contribution in [0.25, 0.3) is 0 Å². The number of aryl methyl sites for hydroxylation is 1. The molecule has 1 aromatic heterocycles. The van der Waals surface area contributed by atoms with Gasteiger partial charge in [-0.05, 0) is 18.2 Å². The first-order valence-corrected chi connectivity index (χ1v) is 7.59. The summed E-state index contributed by atoms with van der Waals surface area (Å²) in [4.78, 5) is 0. The number of hydrogen-bond acceptors (Lipinski definition) is 3. The van der Waals surface area contributed by atoms with Gasteiger partial charge in [0.2, 0.25) is 0 Å². The van der Waals surface area contributed by atoms with Crippen LogP contribution in [0.2, 0.25) is 0 Å². The van der Waals surface area contributed by atoms with Crippen molar-refractivity contribution in [2.45, 2.75) is 52.0 Å². The van der Waals surface area contributed by atoms with E-state index in [9.17, 15) is 0 Å². The van der Waals surface area contributed by atoms with Crippen LogP contribution >= 0.6 is 11.8 Å². The van der Waals surface area contributed by atoms with Gasteiger partial charge >= 0.3 is 0 Å². The molecule has 4 heteroatoms. The molecule has 0 saturated heterocycles. The molecule has 0 spiro atoms. The Labute approximate surface area is 109 Å². The Balaban J connectivity index is 2.60. The zero-order chi connectivity index (χ0) is 12.7. The first-order chi connectivity index (χ1) is 8.17. The lowest BCUT2D eigenvalue weighted by Crippen LogP contribution is -2.23. The number of hydrogen-bond donors (Lipinski definition) is 1. The Hall–Kier alpha value is -0.480. The predicted molar refractivity (Wildman–Crippen MR) is 76.5 cm³/mol. The fraction of sp³-hybridized carbons (Fsp3) is 0.769. The van der Waals surface area contributed by atoms with Crippen LogP contribution in [-0.2, 0) is 6.54 Å². The van der Waals surface area contributed by atoms with Crippen LogP contribution < -0.4 is 5.32 Å². The molecule has 0 aliphatic heterocycles. The molecule has 0 aliphatic carbocycles. The molecule has 0 amide bonds. The van der Waals surface area contributed by atoms with Crippen molar-refractivity contribution in [3.8, 4) is 0 Å². The van der Waals surface area contributed by atoms with Crippen LogP contribution in [0.15, 0.2) is 12.4 Å². The summed E-state index contributed by atoms with van der Waals surface area (Å²) in [6, 6.07) is 0.429. The van der Waals surface area contributed by atoms with Crippen molar-refractivity contribution < 1.29 is 0 Å². The number of rotatable bonds is 8. The van der Waals surface area contributed by atoms with E-state index in [1.807, 2.05) is 22.6 Å². The molecule has 1 rings (SSSR count). The van der Waals surface area contributed by atoms with E-state index in [0.29, 0.717) is 11.3 Å². The first kappa shape index (κ1) is 14.6. The Morgan fingerprint density at radius 3 is 2.76 bits per heavy atom. The van der Waals surface area contributed by atoms with E-state index in [-0.39, 0.29) is 0 Å². The first-order valence-electron chi connectivity index (χ1n) is 6.54. The van der Waals surface area contributed by atoms with Crippen molar-refractivity contribution >= 4 is 11.8 Å². The molecule has 0 aromatic carbocycles. The minimum absolute atomic E-state index is 0.429. The Kier molecular flexibility index (Phi) is 6.66. The van der Waals surface area contributed by atoms with E-state index < -0.39 is 0 Å². The smallest absolute Gasteiger partial charge is 0.0537 e. The summed E-state index contributed by atoms with van der Waals surface area (Å²) in [6.45, 7) is 10.8. The summed E-state index contributed by atoms with van der Waals surface area (Å²) < 4.78 is 2.04. The van der Waals surface area contributed by atoms with Crippen molar-refractivity contribution in [1.82, 2.24) is 15.1 Å². The molecule has 17 heavy (non-hydrogen) atoms. The summed E-state index contributed by atoms with van der Waals surface area (Å²) in [6.07, 6.45) is 5.31. The molecular weight excluding hydrogens is 230 g/mol. The van der Waals surface area contributed by atoms with E-state index in [0.717, 1.165) is 25.3 Å². The maximum absolute atomic E-state index is 4.40. The van der Waals surface area contributed by atoms with Gasteiger partial charge < -0.3 is 5.32 Å². The topological polar surface area (TPSA) is 29.9 Å². The number of thioether (sulfide) groups is 1. The second kappa shape index (κ2) is 7.77. The standard InChI is InChI=1S/C13H25N3S/c1-5-7-16-9-12(8-15-16)13(14-6-2)10-17-11(3)4/h8-9,11,13-14H,5-7,10H2,1-4H3. The van der Waals surface area contributed by atoms with Gasteiger partial charge in [0.05, 0.1) is 6.20 Å². The fourth-order valence-corrected chi connectivity index (χ4v) is 2.61. The third-order valence-electron chi connectivity index (χ3n) is 2.56. The maximum Gasteiger partial charge on any atom is 0.0537 e. The van der Waals surface area contributed by atoms with E-state index in [1.54, 1.807) is 0 Å². The van der Waals surface area contributed by atoms with Gasteiger partial charge in [-0.25, -0.2) is 0 Å². The number of aromatic nitrogens is 2.